The molecule has 0 aliphatic carbocycles. The first-order chi connectivity index (χ1) is 10.4. The van der Waals surface area contributed by atoms with E-state index in [4.69, 9.17) is 4.74 Å². The fraction of sp³-hybridized carbons (Fsp3) is 0.533. The summed E-state index contributed by atoms with van der Waals surface area (Å²) in [4.78, 5) is 11.9. The van der Waals surface area contributed by atoms with Crippen LogP contribution in [0.5, 0.6) is 5.75 Å². The van der Waals surface area contributed by atoms with E-state index >= 15 is 0 Å². The van der Waals surface area contributed by atoms with Gasteiger partial charge in [0.25, 0.3) is 0 Å². The molecule has 0 fully saturated rings. The molecule has 0 bridgehead atoms. The molecule has 1 aromatic carbocycles. The number of esters is 1. The zero-order valence-corrected chi connectivity index (χ0v) is 14.1. The molecule has 0 spiro atoms. The van der Waals surface area contributed by atoms with Crippen LogP contribution >= 0.6 is 0 Å². The fourth-order valence-corrected chi connectivity index (χ4v) is 3.17. The topological polar surface area (TPSA) is 81.7 Å². The Bertz CT molecular complexity index is 582. The standard InChI is InChI=1S/C15H23NO5S/c1-5-11(3)14(15(17)20-4)16-22(18,19)13-9-7-12(8-10-13)21-6-2/h7-11,14,16H,5-6H2,1-4H3/t11-,14+/m1/s1. The van der Waals surface area contributed by atoms with Gasteiger partial charge < -0.3 is 9.47 Å². The summed E-state index contributed by atoms with van der Waals surface area (Å²) in [5.41, 5.74) is 0. The van der Waals surface area contributed by atoms with Crippen LogP contribution in [0.4, 0.5) is 0 Å². The number of hydrogen-bond donors (Lipinski definition) is 1. The highest BCUT2D eigenvalue weighted by Crippen LogP contribution is 2.18. The Morgan fingerprint density at radius 3 is 2.27 bits per heavy atom. The summed E-state index contributed by atoms with van der Waals surface area (Å²) in [6, 6.07) is 5.13. The number of hydrogen-bond acceptors (Lipinski definition) is 5. The van der Waals surface area contributed by atoms with E-state index in [0.29, 0.717) is 18.8 Å². The van der Waals surface area contributed by atoms with Crippen molar-refractivity contribution >= 4 is 16.0 Å². The van der Waals surface area contributed by atoms with E-state index in [9.17, 15) is 13.2 Å². The van der Waals surface area contributed by atoms with E-state index in [-0.39, 0.29) is 10.8 Å². The van der Waals surface area contributed by atoms with Gasteiger partial charge in [-0.25, -0.2) is 8.42 Å². The van der Waals surface area contributed by atoms with Crippen LogP contribution in [0.3, 0.4) is 0 Å². The van der Waals surface area contributed by atoms with Crippen molar-refractivity contribution < 1.29 is 22.7 Å². The number of ether oxygens (including phenoxy) is 2. The van der Waals surface area contributed by atoms with Gasteiger partial charge in [0.2, 0.25) is 10.0 Å². The Labute approximate surface area is 131 Å². The van der Waals surface area contributed by atoms with Crippen molar-refractivity contribution in [2.75, 3.05) is 13.7 Å². The maximum Gasteiger partial charge on any atom is 0.324 e. The molecule has 0 amide bonds. The summed E-state index contributed by atoms with van der Waals surface area (Å²) < 4.78 is 37.2. The smallest absolute Gasteiger partial charge is 0.324 e. The molecule has 1 rings (SSSR count). The molecular formula is C15H23NO5S. The number of sulfonamides is 1. The van der Waals surface area contributed by atoms with Crippen LogP contribution in [0.1, 0.15) is 27.2 Å². The molecule has 0 aromatic heterocycles. The highest BCUT2D eigenvalue weighted by molar-refractivity contribution is 7.89. The number of benzene rings is 1. The van der Waals surface area contributed by atoms with Gasteiger partial charge in [0, 0.05) is 0 Å². The van der Waals surface area contributed by atoms with Gasteiger partial charge in [0.1, 0.15) is 11.8 Å². The van der Waals surface area contributed by atoms with Crippen LogP contribution < -0.4 is 9.46 Å². The average Bonchev–Trinajstić information content (AvgIpc) is 2.52. The molecule has 2 atom stereocenters. The van der Waals surface area contributed by atoms with E-state index in [1.807, 2.05) is 13.8 Å². The second-order valence-corrected chi connectivity index (χ2v) is 6.63. The highest BCUT2D eigenvalue weighted by Gasteiger charge is 2.30. The van der Waals surface area contributed by atoms with Crippen molar-refractivity contribution in [1.29, 1.82) is 0 Å². The molecule has 6 nitrogen and oxygen atoms in total. The van der Waals surface area contributed by atoms with Gasteiger partial charge in [-0.1, -0.05) is 20.3 Å². The maximum absolute atomic E-state index is 12.4. The van der Waals surface area contributed by atoms with Crippen molar-refractivity contribution in [2.24, 2.45) is 5.92 Å². The van der Waals surface area contributed by atoms with Crippen LogP contribution in [0, 0.1) is 5.92 Å². The first kappa shape index (κ1) is 18.4. The van der Waals surface area contributed by atoms with Crippen molar-refractivity contribution in [1.82, 2.24) is 4.72 Å². The van der Waals surface area contributed by atoms with E-state index in [1.54, 1.807) is 19.1 Å². The molecule has 0 heterocycles. The molecule has 0 aliphatic heterocycles. The van der Waals surface area contributed by atoms with E-state index < -0.39 is 22.0 Å². The molecule has 124 valence electrons. The summed E-state index contributed by atoms with van der Waals surface area (Å²) in [6.45, 7) is 6.02. The summed E-state index contributed by atoms with van der Waals surface area (Å²) in [5.74, 6) is -0.179. The van der Waals surface area contributed by atoms with Crippen LogP contribution in [0.2, 0.25) is 0 Å². The molecule has 0 radical (unpaired) electrons. The summed E-state index contributed by atoms with van der Waals surface area (Å²) >= 11 is 0. The number of carbonyl (C=O) groups excluding carboxylic acids is 1. The minimum Gasteiger partial charge on any atom is -0.494 e. The number of methoxy groups -OCH3 is 1. The Kier molecular flexibility index (Phi) is 6.83. The van der Waals surface area contributed by atoms with Gasteiger partial charge >= 0.3 is 5.97 Å². The summed E-state index contributed by atoms with van der Waals surface area (Å²) in [5, 5.41) is 0. The molecule has 22 heavy (non-hydrogen) atoms. The van der Waals surface area contributed by atoms with Gasteiger partial charge in [-0.15, -0.1) is 0 Å². The first-order valence-corrected chi connectivity index (χ1v) is 8.67. The Morgan fingerprint density at radius 2 is 1.82 bits per heavy atom. The lowest BCUT2D eigenvalue weighted by atomic mass is 10.0. The van der Waals surface area contributed by atoms with Gasteiger partial charge in [0.15, 0.2) is 0 Å². The quantitative estimate of drug-likeness (QED) is 0.737. The Morgan fingerprint density at radius 1 is 1.23 bits per heavy atom. The van der Waals surface area contributed by atoms with Crippen molar-refractivity contribution in [2.45, 2.75) is 38.1 Å². The highest BCUT2D eigenvalue weighted by atomic mass is 32.2. The van der Waals surface area contributed by atoms with E-state index in [1.165, 1.54) is 19.2 Å². The molecule has 0 saturated heterocycles. The van der Waals surface area contributed by atoms with E-state index in [2.05, 4.69) is 9.46 Å². The Hall–Kier alpha value is -1.60. The summed E-state index contributed by atoms with van der Waals surface area (Å²) in [7, 11) is -2.57. The third-order valence-corrected chi connectivity index (χ3v) is 4.85. The van der Waals surface area contributed by atoms with Gasteiger partial charge in [-0.05, 0) is 37.1 Å². The summed E-state index contributed by atoms with van der Waals surface area (Å²) in [6.07, 6.45) is 0.644. The molecule has 0 saturated carbocycles. The third kappa shape index (κ3) is 4.71. The van der Waals surface area contributed by atoms with E-state index in [0.717, 1.165) is 0 Å². The van der Waals surface area contributed by atoms with Crippen LogP contribution in [0.25, 0.3) is 0 Å². The minimum atomic E-state index is -3.81. The zero-order valence-electron chi connectivity index (χ0n) is 13.3. The predicted molar refractivity (Wildman–Crippen MR) is 83.2 cm³/mol. The predicted octanol–water partition coefficient (Wildman–Crippen LogP) is 1.95. The maximum atomic E-state index is 12.4. The normalized spacial score (nSPS) is 14.2. The van der Waals surface area contributed by atoms with Gasteiger partial charge in [0.05, 0.1) is 18.6 Å². The van der Waals surface area contributed by atoms with Crippen molar-refractivity contribution in [3.63, 3.8) is 0 Å². The number of nitrogens with one attached hydrogen (secondary N) is 1. The lowest BCUT2D eigenvalue weighted by Crippen LogP contribution is -2.45. The van der Waals surface area contributed by atoms with Crippen molar-refractivity contribution in [3.8, 4) is 5.75 Å². The fourth-order valence-electron chi connectivity index (χ4n) is 1.88. The lowest BCUT2D eigenvalue weighted by Gasteiger charge is -2.21. The molecule has 0 unspecified atom stereocenters. The third-order valence-electron chi connectivity index (χ3n) is 3.40. The number of carbonyl (C=O) groups is 1. The molecular weight excluding hydrogens is 306 g/mol. The molecule has 0 aliphatic rings. The minimum absolute atomic E-state index is 0.0770. The van der Waals surface area contributed by atoms with Crippen LogP contribution in [-0.4, -0.2) is 34.1 Å². The second kappa shape index (κ2) is 8.14. The monoisotopic (exact) mass is 329 g/mol. The largest absolute Gasteiger partial charge is 0.494 e. The molecule has 1 aromatic rings. The van der Waals surface area contributed by atoms with Crippen LogP contribution in [0.15, 0.2) is 29.2 Å². The Balaban J connectivity index is 2.98. The zero-order chi connectivity index (χ0) is 16.8. The second-order valence-electron chi connectivity index (χ2n) is 4.91. The lowest BCUT2D eigenvalue weighted by molar-refractivity contribution is -0.143. The molecule has 7 heteroatoms. The molecule has 1 N–H and O–H groups in total. The first-order valence-electron chi connectivity index (χ1n) is 7.18. The SMILES string of the molecule is CCOc1ccc(S(=O)(=O)N[C@H](C(=O)OC)[C@H](C)CC)cc1. The number of rotatable bonds is 8. The van der Waals surface area contributed by atoms with Crippen molar-refractivity contribution in [3.05, 3.63) is 24.3 Å². The van der Waals surface area contributed by atoms with Gasteiger partial charge in [-0.3, -0.25) is 4.79 Å². The van der Waals surface area contributed by atoms with Crippen LogP contribution in [-0.2, 0) is 19.6 Å². The average molecular weight is 329 g/mol. The van der Waals surface area contributed by atoms with Gasteiger partial charge in [-0.2, -0.15) is 4.72 Å².